The predicted molar refractivity (Wildman–Crippen MR) is 68.2 cm³/mol. The summed E-state index contributed by atoms with van der Waals surface area (Å²) in [5.74, 6) is 0.328. The van der Waals surface area contributed by atoms with Gasteiger partial charge in [0.15, 0.2) is 0 Å². The molecule has 0 radical (unpaired) electrons. The monoisotopic (exact) mass is 235 g/mol. The molecule has 3 N–H and O–H groups in total. The molecular formula is C13H21N3O. The highest BCUT2D eigenvalue weighted by Gasteiger charge is 2.13. The smallest absolute Gasteiger partial charge is 0.220 e. The van der Waals surface area contributed by atoms with Crippen molar-refractivity contribution in [3.05, 3.63) is 30.1 Å². The van der Waals surface area contributed by atoms with Crippen molar-refractivity contribution >= 4 is 5.91 Å². The highest BCUT2D eigenvalue weighted by molar-refractivity contribution is 5.76. The van der Waals surface area contributed by atoms with Crippen LogP contribution in [0.1, 0.15) is 38.3 Å². The fourth-order valence-electron chi connectivity index (χ4n) is 1.67. The van der Waals surface area contributed by atoms with E-state index in [-0.39, 0.29) is 17.9 Å². The summed E-state index contributed by atoms with van der Waals surface area (Å²) in [7, 11) is 0. The number of hydrogen-bond donors (Lipinski definition) is 2. The summed E-state index contributed by atoms with van der Waals surface area (Å²) in [6.07, 6.45) is 4.92. The van der Waals surface area contributed by atoms with E-state index in [4.69, 9.17) is 5.73 Å². The molecule has 0 spiro atoms. The molecule has 4 nitrogen and oxygen atoms in total. The topological polar surface area (TPSA) is 68.0 Å². The van der Waals surface area contributed by atoms with Gasteiger partial charge in [0.05, 0.1) is 6.04 Å². The number of carbonyl (C=O) groups excluding carboxylic acids is 1. The van der Waals surface area contributed by atoms with Gasteiger partial charge in [0.1, 0.15) is 0 Å². The van der Waals surface area contributed by atoms with Gasteiger partial charge in [0.2, 0.25) is 5.91 Å². The number of aromatic nitrogens is 1. The molecule has 2 atom stereocenters. The summed E-state index contributed by atoms with van der Waals surface area (Å²) in [6.45, 7) is 4.57. The lowest BCUT2D eigenvalue weighted by Gasteiger charge is -2.16. The second kappa shape index (κ2) is 7.01. The first kappa shape index (κ1) is 13.6. The first-order valence-electron chi connectivity index (χ1n) is 6.06. The van der Waals surface area contributed by atoms with Gasteiger partial charge in [-0.3, -0.25) is 9.78 Å². The molecule has 1 unspecified atom stereocenters. The van der Waals surface area contributed by atoms with Crippen LogP contribution in [-0.4, -0.2) is 17.4 Å². The summed E-state index contributed by atoms with van der Waals surface area (Å²) >= 11 is 0. The van der Waals surface area contributed by atoms with Crippen LogP contribution in [0.25, 0.3) is 0 Å². The van der Waals surface area contributed by atoms with Crippen LogP contribution in [0.4, 0.5) is 0 Å². The van der Waals surface area contributed by atoms with Crippen LogP contribution in [0.2, 0.25) is 0 Å². The van der Waals surface area contributed by atoms with Gasteiger partial charge in [-0.1, -0.05) is 19.4 Å². The normalized spacial score (nSPS) is 14.1. The molecule has 0 aliphatic rings. The molecule has 0 saturated carbocycles. The first-order valence-corrected chi connectivity index (χ1v) is 6.06. The standard InChI is InChI=1S/C13H21N3O/c1-3-11(8-14)7-13(17)16-10(2)12-5-4-6-15-9-12/h4-6,9-11H,3,7-8,14H2,1-2H3,(H,16,17)/t10-,11?/m0/s1. The van der Waals surface area contributed by atoms with Crippen molar-refractivity contribution in [1.29, 1.82) is 0 Å². The number of carbonyl (C=O) groups is 1. The molecule has 1 aromatic heterocycles. The van der Waals surface area contributed by atoms with Crippen molar-refractivity contribution in [3.8, 4) is 0 Å². The third kappa shape index (κ3) is 4.53. The van der Waals surface area contributed by atoms with Crippen molar-refractivity contribution in [2.75, 3.05) is 6.54 Å². The molecule has 0 aliphatic heterocycles. The van der Waals surface area contributed by atoms with Gasteiger partial charge in [-0.2, -0.15) is 0 Å². The summed E-state index contributed by atoms with van der Waals surface area (Å²) in [5.41, 5.74) is 6.60. The Balaban J connectivity index is 2.46. The largest absolute Gasteiger partial charge is 0.350 e. The second-order valence-corrected chi connectivity index (χ2v) is 4.29. The molecule has 1 aromatic rings. The number of nitrogens with one attached hydrogen (secondary N) is 1. The van der Waals surface area contributed by atoms with Crippen LogP contribution in [-0.2, 0) is 4.79 Å². The Bertz CT molecular complexity index is 336. The van der Waals surface area contributed by atoms with E-state index in [9.17, 15) is 4.79 Å². The average Bonchev–Trinajstić information content (AvgIpc) is 2.37. The van der Waals surface area contributed by atoms with E-state index in [0.717, 1.165) is 12.0 Å². The SMILES string of the molecule is CCC(CN)CC(=O)N[C@@H](C)c1cccnc1. The van der Waals surface area contributed by atoms with E-state index in [1.807, 2.05) is 19.1 Å². The maximum Gasteiger partial charge on any atom is 0.220 e. The van der Waals surface area contributed by atoms with E-state index in [0.29, 0.717) is 13.0 Å². The Hall–Kier alpha value is -1.42. The maximum atomic E-state index is 11.8. The Morgan fingerprint density at radius 2 is 2.35 bits per heavy atom. The third-order valence-electron chi connectivity index (χ3n) is 2.95. The van der Waals surface area contributed by atoms with Crippen molar-refractivity contribution in [2.24, 2.45) is 11.7 Å². The van der Waals surface area contributed by atoms with Crippen molar-refractivity contribution in [2.45, 2.75) is 32.7 Å². The fourth-order valence-corrected chi connectivity index (χ4v) is 1.67. The van der Waals surface area contributed by atoms with Crippen molar-refractivity contribution in [1.82, 2.24) is 10.3 Å². The zero-order valence-corrected chi connectivity index (χ0v) is 10.5. The summed E-state index contributed by atoms with van der Waals surface area (Å²) < 4.78 is 0. The van der Waals surface area contributed by atoms with Crippen LogP contribution in [0.15, 0.2) is 24.5 Å². The van der Waals surface area contributed by atoms with Crippen LogP contribution in [0.5, 0.6) is 0 Å². The van der Waals surface area contributed by atoms with E-state index < -0.39 is 0 Å². The van der Waals surface area contributed by atoms with Gasteiger partial charge in [-0.25, -0.2) is 0 Å². The number of amides is 1. The lowest BCUT2D eigenvalue weighted by Crippen LogP contribution is -2.30. The highest BCUT2D eigenvalue weighted by atomic mass is 16.1. The molecule has 1 heterocycles. The fraction of sp³-hybridized carbons (Fsp3) is 0.538. The minimum absolute atomic E-state index is 0.00789. The lowest BCUT2D eigenvalue weighted by atomic mass is 10.0. The van der Waals surface area contributed by atoms with Gasteiger partial charge in [0, 0.05) is 18.8 Å². The zero-order chi connectivity index (χ0) is 12.7. The number of nitrogens with two attached hydrogens (primary N) is 1. The van der Waals surface area contributed by atoms with E-state index >= 15 is 0 Å². The van der Waals surface area contributed by atoms with Gasteiger partial charge < -0.3 is 11.1 Å². The molecule has 0 aromatic carbocycles. The molecule has 4 heteroatoms. The highest BCUT2D eigenvalue weighted by Crippen LogP contribution is 2.12. The summed E-state index contributed by atoms with van der Waals surface area (Å²) in [4.78, 5) is 15.8. The Morgan fingerprint density at radius 3 is 2.88 bits per heavy atom. The van der Waals surface area contributed by atoms with Gasteiger partial charge in [0.25, 0.3) is 0 Å². The number of nitrogens with zero attached hydrogens (tertiary/aromatic N) is 1. The molecule has 17 heavy (non-hydrogen) atoms. The zero-order valence-electron chi connectivity index (χ0n) is 10.5. The molecule has 0 bridgehead atoms. The van der Waals surface area contributed by atoms with E-state index in [1.54, 1.807) is 12.4 Å². The molecule has 1 rings (SSSR count). The minimum Gasteiger partial charge on any atom is -0.350 e. The van der Waals surface area contributed by atoms with Crippen molar-refractivity contribution < 1.29 is 4.79 Å². The number of rotatable bonds is 6. The van der Waals surface area contributed by atoms with Gasteiger partial charge >= 0.3 is 0 Å². The van der Waals surface area contributed by atoms with E-state index in [1.165, 1.54) is 0 Å². The second-order valence-electron chi connectivity index (χ2n) is 4.29. The van der Waals surface area contributed by atoms with Gasteiger partial charge in [-0.05, 0) is 31.0 Å². The van der Waals surface area contributed by atoms with Crippen molar-refractivity contribution in [3.63, 3.8) is 0 Å². The van der Waals surface area contributed by atoms with Crippen LogP contribution in [0, 0.1) is 5.92 Å². The minimum atomic E-state index is -0.00789. The molecule has 0 saturated heterocycles. The number of pyridine rings is 1. The lowest BCUT2D eigenvalue weighted by molar-refractivity contribution is -0.122. The number of hydrogen-bond acceptors (Lipinski definition) is 3. The maximum absolute atomic E-state index is 11.8. The van der Waals surface area contributed by atoms with Crippen LogP contribution >= 0.6 is 0 Å². The molecule has 0 aliphatic carbocycles. The molecular weight excluding hydrogens is 214 g/mol. The Morgan fingerprint density at radius 1 is 1.59 bits per heavy atom. The molecule has 0 fully saturated rings. The molecule has 94 valence electrons. The summed E-state index contributed by atoms with van der Waals surface area (Å²) in [5, 5.41) is 2.96. The Labute approximate surface area is 103 Å². The Kier molecular flexibility index (Phi) is 5.63. The van der Waals surface area contributed by atoms with Crippen LogP contribution < -0.4 is 11.1 Å². The molecule has 1 amide bonds. The van der Waals surface area contributed by atoms with Crippen LogP contribution in [0.3, 0.4) is 0 Å². The van der Waals surface area contributed by atoms with E-state index in [2.05, 4.69) is 17.2 Å². The first-order chi connectivity index (χ1) is 8.17. The average molecular weight is 235 g/mol. The summed E-state index contributed by atoms with van der Waals surface area (Å²) in [6, 6.07) is 3.82. The van der Waals surface area contributed by atoms with Gasteiger partial charge in [-0.15, -0.1) is 0 Å². The quantitative estimate of drug-likeness (QED) is 0.787. The third-order valence-corrected chi connectivity index (χ3v) is 2.95. The predicted octanol–water partition coefficient (Wildman–Crippen LogP) is 1.63.